The molecule has 7 nitrogen and oxygen atoms in total. The molecule has 2 aromatic heterocycles. The van der Waals surface area contributed by atoms with Crippen LogP contribution in [0.15, 0.2) is 48.2 Å². The normalized spacial score (nSPS) is 10.3. The van der Waals surface area contributed by atoms with Crippen LogP contribution in [0.3, 0.4) is 0 Å². The van der Waals surface area contributed by atoms with Crippen LogP contribution >= 0.6 is 11.3 Å². The summed E-state index contributed by atoms with van der Waals surface area (Å²) < 4.78 is 6.82. The molecule has 1 N–H and O–H groups in total. The Morgan fingerprint density at radius 3 is 2.90 bits per heavy atom. The van der Waals surface area contributed by atoms with Crippen molar-refractivity contribution in [3.8, 4) is 11.7 Å². The lowest BCUT2D eigenvalue weighted by atomic mass is 10.3. The van der Waals surface area contributed by atoms with Gasteiger partial charge in [0.25, 0.3) is 5.91 Å². The van der Waals surface area contributed by atoms with Crippen LogP contribution in [0.1, 0.15) is 0 Å². The van der Waals surface area contributed by atoms with Crippen LogP contribution in [0.4, 0.5) is 5.13 Å². The minimum atomic E-state index is -0.305. The number of rotatable bonds is 5. The van der Waals surface area contributed by atoms with Gasteiger partial charge in [-0.15, -0.1) is 16.4 Å². The van der Waals surface area contributed by atoms with Gasteiger partial charge in [0.15, 0.2) is 11.7 Å². The number of hydrogen-bond donors (Lipinski definition) is 1. The van der Waals surface area contributed by atoms with E-state index in [4.69, 9.17) is 4.74 Å². The van der Waals surface area contributed by atoms with E-state index in [0.29, 0.717) is 5.13 Å². The highest BCUT2D eigenvalue weighted by molar-refractivity contribution is 7.13. The van der Waals surface area contributed by atoms with Gasteiger partial charge in [-0.05, 0) is 12.1 Å². The molecule has 0 unspecified atom stereocenters. The Balaban J connectivity index is 1.56. The second-order valence-electron chi connectivity index (χ2n) is 3.98. The number of thiazole rings is 1. The maximum Gasteiger partial charge on any atom is 0.336 e. The molecule has 8 heteroatoms. The van der Waals surface area contributed by atoms with E-state index in [2.05, 4.69) is 20.4 Å². The van der Waals surface area contributed by atoms with Crippen LogP contribution in [-0.2, 0) is 4.79 Å². The first-order valence-corrected chi connectivity index (χ1v) is 6.98. The number of nitrogens with zero attached hydrogens (tertiary/aromatic N) is 4. The second-order valence-corrected chi connectivity index (χ2v) is 4.88. The van der Waals surface area contributed by atoms with Gasteiger partial charge >= 0.3 is 6.01 Å². The van der Waals surface area contributed by atoms with Crippen molar-refractivity contribution in [2.45, 2.75) is 0 Å². The van der Waals surface area contributed by atoms with Crippen molar-refractivity contribution in [1.82, 2.24) is 19.7 Å². The van der Waals surface area contributed by atoms with Gasteiger partial charge in [0.1, 0.15) is 6.33 Å². The number of benzene rings is 1. The Bertz CT molecular complexity index is 711. The number of amides is 1. The zero-order chi connectivity index (χ0) is 14.5. The lowest BCUT2D eigenvalue weighted by molar-refractivity contribution is -0.118. The average molecular weight is 301 g/mol. The van der Waals surface area contributed by atoms with Crippen molar-refractivity contribution in [2.75, 3.05) is 11.9 Å². The summed E-state index contributed by atoms with van der Waals surface area (Å²) in [7, 11) is 0. The third-order valence-corrected chi connectivity index (χ3v) is 3.19. The van der Waals surface area contributed by atoms with Crippen molar-refractivity contribution in [2.24, 2.45) is 0 Å². The van der Waals surface area contributed by atoms with Gasteiger partial charge in [-0.25, -0.2) is 9.67 Å². The Hall–Kier alpha value is -2.74. The summed E-state index contributed by atoms with van der Waals surface area (Å²) in [4.78, 5) is 19.6. The molecule has 1 amide bonds. The van der Waals surface area contributed by atoms with E-state index in [-0.39, 0.29) is 18.5 Å². The van der Waals surface area contributed by atoms with Gasteiger partial charge in [-0.1, -0.05) is 18.2 Å². The molecule has 0 saturated carbocycles. The van der Waals surface area contributed by atoms with Crippen LogP contribution in [0.2, 0.25) is 0 Å². The predicted molar refractivity (Wildman–Crippen MR) is 77.6 cm³/mol. The minimum absolute atomic E-state index is 0.146. The zero-order valence-electron chi connectivity index (χ0n) is 10.8. The van der Waals surface area contributed by atoms with E-state index in [1.165, 1.54) is 17.7 Å². The molecule has 0 aliphatic carbocycles. The summed E-state index contributed by atoms with van der Waals surface area (Å²) in [5.74, 6) is -0.305. The largest absolute Gasteiger partial charge is 0.452 e. The van der Waals surface area contributed by atoms with E-state index in [9.17, 15) is 4.79 Å². The molecule has 3 rings (SSSR count). The maximum atomic E-state index is 11.6. The van der Waals surface area contributed by atoms with E-state index in [1.807, 2.05) is 30.3 Å². The van der Waals surface area contributed by atoms with E-state index < -0.39 is 0 Å². The number of carbonyl (C=O) groups is 1. The average Bonchev–Trinajstić information content (AvgIpc) is 3.17. The molecule has 106 valence electrons. The van der Waals surface area contributed by atoms with Crippen LogP contribution < -0.4 is 10.1 Å². The molecule has 0 spiro atoms. The summed E-state index contributed by atoms with van der Waals surface area (Å²) in [6.45, 7) is -0.168. The highest BCUT2D eigenvalue weighted by atomic mass is 32.1. The second kappa shape index (κ2) is 6.14. The zero-order valence-corrected chi connectivity index (χ0v) is 11.7. The summed E-state index contributed by atoms with van der Waals surface area (Å²) >= 11 is 1.34. The maximum absolute atomic E-state index is 11.6. The number of anilines is 1. The molecule has 0 saturated heterocycles. The van der Waals surface area contributed by atoms with Gasteiger partial charge in [0.05, 0.1) is 5.69 Å². The Morgan fingerprint density at radius 2 is 2.14 bits per heavy atom. The fourth-order valence-corrected chi connectivity index (χ4v) is 2.13. The van der Waals surface area contributed by atoms with Crippen molar-refractivity contribution >= 4 is 22.4 Å². The fraction of sp³-hybridized carbons (Fsp3) is 0.0769. The smallest absolute Gasteiger partial charge is 0.336 e. The van der Waals surface area contributed by atoms with Crippen molar-refractivity contribution in [3.05, 3.63) is 48.2 Å². The van der Waals surface area contributed by atoms with Gasteiger partial charge in [0.2, 0.25) is 0 Å². The molecule has 0 bridgehead atoms. The summed E-state index contributed by atoms with van der Waals surface area (Å²) in [6.07, 6.45) is 3.15. The third-order valence-electron chi connectivity index (χ3n) is 2.50. The lowest BCUT2D eigenvalue weighted by Crippen LogP contribution is -2.20. The summed E-state index contributed by atoms with van der Waals surface area (Å²) in [5, 5.41) is 9.06. The van der Waals surface area contributed by atoms with E-state index in [1.54, 1.807) is 16.3 Å². The van der Waals surface area contributed by atoms with Gasteiger partial charge < -0.3 is 4.74 Å². The van der Waals surface area contributed by atoms with Crippen LogP contribution in [0.5, 0.6) is 6.01 Å². The number of hydrogen-bond acceptors (Lipinski definition) is 6. The van der Waals surface area contributed by atoms with Crippen LogP contribution in [0.25, 0.3) is 5.69 Å². The quantitative estimate of drug-likeness (QED) is 0.776. The first-order chi connectivity index (χ1) is 10.3. The Labute approximate surface area is 124 Å². The SMILES string of the molecule is O=C(COc1ncn(-c2ccccc2)n1)Nc1nccs1. The molecular weight excluding hydrogens is 290 g/mol. The number of carbonyl (C=O) groups excluding carboxylic acids is 1. The molecule has 1 aromatic carbocycles. The molecule has 0 aliphatic heterocycles. The summed E-state index contributed by atoms with van der Waals surface area (Å²) in [6, 6.07) is 9.66. The standard InChI is InChI=1S/C13H11N5O2S/c19-11(16-13-14-6-7-21-13)8-20-12-15-9-18(17-12)10-4-2-1-3-5-10/h1-7,9H,8H2,(H,14,16,19). The third kappa shape index (κ3) is 3.42. The minimum Gasteiger partial charge on any atom is -0.452 e. The fourth-order valence-electron chi connectivity index (χ4n) is 1.59. The van der Waals surface area contributed by atoms with E-state index >= 15 is 0 Å². The predicted octanol–water partition coefficient (Wildman–Crippen LogP) is 1.74. The van der Waals surface area contributed by atoms with Crippen LogP contribution in [-0.4, -0.2) is 32.3 Å². The van der Waals surface area contributed by atoms with Crippen molar-refractivity contribution in [1.29, 1.82) is 0 Å². The van der Waals surface area contributed by atoms with Crippen LogP contribution in [0, 0.1) is 0 Å². The van der Waals surface area contributed by atoms with E-state index in [0.717, 1.165) is 5.69 Å². The molecular formula is C13H11N5O2S. The number of aromatic nitrogens is 4. The van der Waals surface area contributed by atoms with Crippen molar-refractivity contribution in [3.63, 3.8) is 0 Å². The molecule has 0 radical (unpaired) electrons. The molecule has 0 fully saturated rings. The van der Waals surface area contributed by atoms with Gasteiger partial charge in [0, 0.05) is 11.6 Å². The number of para-hydroxylation sites is 1. The number of nitrogens with one attached hydrogen (secondary N) is 1. The van der Waals surface area contributed by atoms with Gasteiger partial charge in [-0.3, -0.25) is 10.1 Å². The highest BCUT2D eigenvalue weighted by Gasteiger charge is 2.08. The highest BCUT2D eigenvalue weighted by Crippen LogP contribution is 2.10. The molecule has 2 heterocycles. The van der Waals surface area contributed by atoms with Crippen molar-refractivity contribution < 1.29 is 9.53 Å². The summed E-state index contributed by atoms with van der Waals surface area (Å²) in [5.41, 5.74) is 0.868. The van der Waals surface area contributed by atoms with Gasteiger partial charge in [-0.2, -0.15) is 4.98 Å². The topological polar surface area (TPSA) is 81.9 Å². The number of ether oxygens (including phenoxy) is 1. The molecule has 21 heavy (non-hydrogen) atoms. The Morgan fingerprint density at radius 1 is 1.29 bits per heavy atom. The first-order valence-electron chi connectivity index (χ1n) is 6.10. The first kappa shape index (κ1) is 13.3. The lowest BCUT2D eigenvalue weighted by Gasteiger charge is -2.01. The monoisotopic (exact) mass is 301 g/mol. The molecule has 3 aromatic rings. The molecule has 0 atom stereocenters. The molecule has 0 aliphatic rings. The Kier molecular flexibility index (Phi) is 3.88.